The van der Waals surface area contributed by atoms with Gasteiger partial charge >= 0.3 is 11.9 Å². The molecular formula is C12H19NO5S. The van der Waals surface area contributed by atoms with E-state index in [0.29, 0.717) is 0 Å². The first-order valence-corrected chi connectivity index (χ1v) is 6.46. The van der Waals surface area contributed by atoms with Crippen LogP contribution in [0.2, 0.25) is 0 Å². The summed E-state index contributed by atoms with van der Waals surface area (Å²) < 4.78 is 9.64. The number of esters is 2. The van der Waals surface area contributed by atoms with E-state index >= 15 is 0 Å². The number of aliphatic hydroxyl groups is 1. The second-order valence-electron chi connectivity index (χ2n) is 4.73. The molecule has 1 fully saturated rings. The fraction of sp³-hybridized carbons (Fsp3) is 0.750. The van der Waals surface area contributed by atoms with E-state index in [2.05, 4.69) is 10.1 Å². The third kappa shape index (κ3) is 3.03. The number of piperidine rings is 1. The number of carbonyl (C=O) groups is 2. The van der Waals surface area contributed by atoms with E-state index in [0.717, 1.165) is 0 Å². The Hall–Kier alpha value is -1.21. The van der Waals surface area contributed by atoms with Gasteiger partial charge in [0.25, 0.3) is 0 Å². The van der Waals surface area contributed by atoms with E-state index in [4.69, 9.17) is 17.0 Å². The fourth-order valence-electron chi connectivity index (χ4n) is 2.47. The van der Waals surface area contributed by atoms with Gasteiger partial charge < -0.3 is 19.9 Å². The van der Waals surface area contributed by atoms with Crippen LogP contribution in [0.15, 0.2) is 0 Å². The summed E-state index contributed by atoms with van der Waals surface area (Å²) in [6.07, 6.45) is 0. The van der Waals surface area contributed by atoms with Gasteiger partial charge in [-0.15, -0.1) is 0 Å². The van der Waals surface area contributed by atoms with E-state index in [1.54, 1.807) is 13.8 Å². The van der Waals surface area contributed by atoms with Crippen LogP contribution in [-0.2, 0) is 19.1 Å². The predicted octanol–water partition coefficient (Wildman–Crippen LogP) is 0.230. The van der Waals surface area contributed by atoms with E-state index < -0.39 is 35.4 Å². The molecule has 6 nitrogen and oxygen atoms in total. The lowest BCUT2D eigenvalue weighted by molar-refractivity contribution is -0.166. The topological polar surface area (TPSA) is 84.9 Å². The van der Waals surface area contributed by atoms with Crippen LogP contribution >= 0.6 is 12.2 Å². The summed E-state index contributed by atoms with van der Waals surface area (Å²) >= 11 is 5.10. The minimum absolute atomic E-state index is 0.177. The van der Waals surface area contributed by atoms with Crippen molar-refractivity contribution in [3.8, 4) is 0 Å². The van der Waals surface area contributed by atoms with Crippen molar-refractivity contribution in [2.75, 3.05) is 13.7 Å². The number of thiocarbonyl (C=S) groups is 1. The van der Waals surface area contributed by atoms with Crippen molar-refractivity contribution in [1.82, 2.24) is 5.32 Å². The number of hydrogen-bond donors (Lipinski definition) is 2. The zero-order valence-electron chi connectivity index (χ0n) is 11.4. The van der Waals surface area contributed by atoms with Crippen molar-refractivity contribution in [3.63, 3.8) is 0 Å². The second kappa shape index (κ2) is 5.83. The summed E-state index contributed by atoms with van der Waals surface area (Å²) in [5, 5.41) is 12.9. The Morgan fingerprint density at radius 1 is 1.47 bits per heavy atom. The molecule has 0 radical (unpaired) electrons. The van der Waals surface area contributed by atoms with Crippen molar-refractivity contribution in [2.24, 2.45) is 17.8 Å². The van der Waals surface area contributed by atoms with Gasteiger partial charge in [0.2, 0.25) is 0 Å². The molecule has 0 unspecified atom stereocenters. The summed E-state index contributed by atoms with van der Waals surface area (Å²) in [4.78, 5) is 23.9. The molecule has 2 N–H and O–H groups in total. The first kappa shape index (κ1) is 15.8. The van der Waals surface area contributed by atoms with Crippen LogP contribution in [0.1, 0.15) is 20.8 Å². The second-order valence-corrected chi connectivity index (χ2v) is 5.17. The molecule has 1 aliphatic heterocycles. The predicted molar refractivity (Wildman–Crippen MR) is 71.2 cm³/mol. The van der Waals surface area contributed by atoms with E-state index in [-0.39, 0.29) is 11.6 Å². The Kier molecular flexibility index (Phi) is 4.86. The minimum Gasteiger partial charge on any atom is -0.469 e. The maximum absolute atomic E-state index is 11.9. The van der Waals surface area contributed by atoms with Crippen LogP contribution in [0.5, 0.6) is 0 Å². The van der Waals surface area contributed by atoms with Crippen molar-refractivity contribution in [3.05, 3.63) is 0 Å². The molecule has 0 spiro atoms. The maximum atomic E-state index is 11.9. The third-order valence-electron chi connectivity index (χ3n) is 3.31. The van der Waals surface area contributed by atoms with E-state index in [1.165, 1.54) is 14.0 Å². The minimum atomic E-state index is -1.55. The van der Waals surface area contributed by atoms with Crippen LogP contribution < -0.4 is 5.32 Å². The summed E-state index contributed by atoms with van der Waals surface area (Å²) in [5.41, 5.74) is -1.55. The van der Waals surface area contributed by atoms with Crippen LogP contribution in [0, 0.1) is 17.8 Å². The fourth-order valence-corrected chi connectivity index (χ4v) is 2.99. The SMILES string of the molecule is CCOC(=O)[C@H]1C(=S)N[C@@](C)(O)[C@@H](C(=O)OC)[C@@H]1C. The molecule has 7 heteroatoms. The Morgan fingerprint density at radius 2 is 2.05 bits per heavy atom. The number of methoxy groups -OCH3 is 1. The summed E-state index contributed by atoms with van der Waals surface area (Å²) in [5.74, 6) is -3.29. The number of ether oxygens (including phenoxy) is 2. The molecule has 1 rings (SSSR count). The molecule has 0 saturated carbocycles. The van der Waals surface area contributed by atoms with Crippen LogP contribution in [0.25, 0.3) is 0 Å². The first-order chi connectivity index (χ1) is 8.76. The van der Waals surface area contributed by atoms with Crippen LogP contribution in [-0.4, -0.2) is 41.5 Å². The average molecular weight is 289 g/mol. The number of nitrogens with one attached hydrogen (secondary N) is 1. The smallest absolute Gasteiger partial charge is 0.316 e. The average Bonchev–Trinajstić information content (AvgIpc) is 2.26. The lowest BCUT2D eigenvalue weighted by Crippen LogP contribution is -2.64. The van der Waals surface area contributed by atoms with E-state index in [9.17, 15) is 14.7 Å². The molecule has 19 heavy (non-hydrogen) atoms. The van der Waals surface area contributed by atoms with Crippen molar-refractivity contribution >= 4 is 29.1 Å². The van der Waals surface area contributed by atoms with Crippen LogP contribution in [0.4, 0.5) is 0 Å². The molecule has 1 saturated heterocycles. The molecule has 0 aromatic rings. The zero-order chi connectivity index (χ0) is 14.8. The lowest BCUT2D eigenvalue weighted by atomic mass is 9.74. The summed E-state index contributed by atoms with van der Waals surface area (Å²) in [6.45, 7) is 5.02. The molecular weight excluding hydrogens is 270 g/mol. The van der Waals surface area contributed by atoms with Gasteiger partial charge in [-0.1, -0.05) is 19.1 Å². The van der Waals surface area contributed by atoms with Crippen molar-refractivity contribution < 1.29 is 24.2 Å². The van der Waals surface area contributed by atoms with Gasteiger partial charge in [-0.25, -0.2) is 0 Å². The highest BCUT2D eigenvalue weighted by Crippen LogP contribution is 2.35. The molecule has 1 heterocycles. The number of rotatable bonds is 3. The molecule has 1 aliphatic rings. The summed E-state index contributed by atoms with van der Waals surface area (Å²) in [7, 11) is 1.23. The quantitative estimate of drug-likeness (QED) is 0.568. The lowest BCUT2D eigenvalue weighted by Gasteiger charge is -2.44. The van der Waals surface area contributed by atoms with Crippen molar-refractivity contribution in [2.45, 2.75) is 26.5 Å². The highest BCUT2D eigenvalue weighted by atomic mass is 32.1. The Bertz CT molecular complexity index is 396. The number of hydrogen-bond acceptors (Lipinski definition) is 6. The monoisotopic (exact) mass is 289 g/mol. The molecule has 108 valence electrons. The normalized spacial score (nSPS) is 34.4. The highest BCUT2D eigenvalue weighted by Gasteiger charge is 2.53. The molecule has 0 aromatic heterocycles. The van der Waals surface area contributed by atoms with Gasteiger partial charge in [0.15, 0.2) is 0 Å². The Balaban J connectivity index is 3.08. The van der Waals surface area contributed by atoms with Gasteiger partial charge in [-0.05, 0) is 19.8 Å². The Labute approximate surface area is 117 Å². The van der Waals surface area contributed by atoms with Gasteiger partial charge in [-0.3, -0.25) is 9.59 Å². The van der Waals surface area contributed by atoms with E-state index in [1.807, 2.05) is 0 Å². The zero-order valence-corrected chi connectivity index (χ0v) is 12.2. The Morgan fingerprint density at radius 3 is 2.53 bits per heavy atom. The van der Waals surface area contributed by atoms with Crippen LogP contribution in [0.3, 0.4) is 0 Å². The maximum Gasteiger partial charge on any atom is 0.316 e. The molecule has 0 amide bonds. The molecule has 0 aromatic carbocycles. The first-order valence-electron chi connectivity index (χ1n) is 6.05. The number of carbonyl (C=O) groups excluding carboxylic acids is 2. The largest absolute Gasteiger partial charge is 0.469 e. The van der Waals surface area contributed by atoms with Gasteiger partial charge in [0.05, 0.1) is 18.7 Å². The van der Waals surface area contributed by atoms with Crippen molar-refractivity contribution in [1.29, 1.82) is 0 Å². The third-order valence-corrected chi connectivity index (χ3v) is 3.67. The standard InChI is InChI=1S/C12H19NO5S/c1-5-18-10(14)7-6(2)8(11(15)17-4)12(3,16)13-9(7)19/h6-8,16H,5H2,1-4H3,(H,13,19)/t6-,7-,8-,12+/m1/s1. The van der Waals surface area contributed by atoms with Gasteiger partial charge in [0, 0.05) is 0 Å². The van der Waals surface area contributed by atoms with Gasteiger partial charge in [-0.2, -0.15) is 0 Å². The highest BCUT2D eigenvalue weighted by molar-refractivity contribution is 7.80. The molecule has 0 aliphatic carbocycles. The summed E-state index contributed by atoms with van der Waals surface area (Å²) in [6, 6.07) is 0. The molecule has 4 atom stereocenters. The molecule has 0 bridgehead atoms. The van der Waals surface area contributed by atoms with Gasteiger partial charge in [0.1, 0.15) is 17.6 Å².